The van der Waals surface area contributed by atoms with Crippen LogP contribution in [0, 0.1) is 11.3 Å². The maximum atomic E-state index is 14.2. The molecule has 0 radical (unpaired) electrons. The van der Waals surface area contributed by atoms with Gasteiger partial charge in [-0.15, -0.1) is 34.4 Å². The molecular formula is C48H55IN8O10S3. The lowest BCUT2D eigenvalue weighted by atomic mass is 9.89. The number of halogens is 1. The van der Waals surface area contributed by atoms with Crippen LogP contribution in [0.15, 0.2) is 88.2 Å². The van der Waals surface area contributed by atoms with Crippen molar-refractivity contribution < 1.29 is 76.3 Å². The predicted molar refractivity (Wildman–Crippen MR) is 262 cm³/mol. The Kier molecular flexibility index (Phi) is 16.5. The Morgan fingerprint density at radius 1 is 0.986 bits per heavy atom. The van der Waals surface area contributed by atoms with Gasteiger partial charge in [0.15, 0.2) is 35.6 Å². The van der Waals surface area contributed by atoms with Crippen LogP contribution in [0.25, 0.3) is 10.9 Å². The highest BCUT2D eigenvalue weighted by Gasteiger charge is 2.55. The number of β-lactam (4-membered cyclic amide) rings is 1. The molecule has 22 heteroatoms. The number of alkyl carbamates (subject to hydrolysis) is 1. The summed E-state index contributed by atoms with van der Waals surface area (Å²) in [4.78, 5) is 80.0. The molecule has 0 unspecified atom stereocenters. The first kappa shape index (κ1) is 53.5. The van der Waals surface area contributed by atoms with Gasteiger partial charge in [-0.25, -0.2) is 23.9 Å². The van der Waals surface area contributed by atoms with E-state index in [-0.39, 0.29) is 71.6 Å². The zero-order valence-electron chi connectivity index (χ0n) is 40.1. The van der Waals surface area contributed by atoms with Gasteiger partial charge < -0.3 is 58.1 Å². The van der Waals surface area contributed by atoms with E-state index < -0.39 is 57.8 Å². The maximum Gasteiger partial charge on any atom is 0.413 e. The number of nitrogens with zero attached hydrogens (tertiary/aromatic N) is 5. The molecule has 372 valence electrons. The third-order valence-electron chi connectivity index (χ3n) is 10.6. The number of aromatic nitrogens is 3. The van der Waals surface area contributed by atoms with Crippen molar-refractivity contribution in [2.24, 2.45) is 11.1 Å². The van der Waals surface area contributed by atoms with Crippen LogP contribution in [-0.4, -0.2) is 90.8 Å². The zero-order chi connectivity index (χ0) is 50.0. The number of fused-ring (bicyclic) bond motifs is 2. The number of oxime groups is 1. The molecule has 7 rings (SSSR count). The average molecular weight is 1130 g/mol. The number of rotatable bonds is 16. The molecule has 0 bridgehead atoms. The molecule has 0 saturated carbocycles. The van der Waals surface area contributed by atoms with E-state index in [0.717, 1.165) is 32.7 Å². The fraction of sp³-hybridized carbons (Fsp3) is 0.396. The number of anilines is 1. The number of thiazole rings is 1. The van der Waals surface area contributed by atoms with Gasteiger partial charge in [0.05, 0.1) is 35.8 Å². The van der Waals surface area contributed by atoms with Gasteiger partial charge >= 0.3 is 18.0 Å². The third kappa shape index (κ3) is 12.9. The smallest absolute Gasteiger partial charge is 0.413 e. The van der Waals surface area contributed by atoms with Crippen molar-refractivity contribution >= 4 is 91.7 Å². The van der Waals surface area contributed by atoms with E-state index in [1.165, 1.54) is 41.8 Å². The second-order valence-electron chi connectivity index (χ2n) is 18.8. The molecule has 0 spiro atoms. The SMILES string of the molecule is COc1ccc(COC(=O)C2=C(C[n+]3ccc4c(ccn4Cc4cc(C(=N)NC(=O)OC(C)(C)C)cs4)c3)CS[C@@H]3[C@H](CC(=O)/C(=N\OC(C)(C)C(=O)OC(C)(C)C)c4csc(N)n4)C(=O)N23)cc1.[I-]. The van der Waals surface area contributed by atoms with Gasteiger partial charge in [0, 0.05) is 51.2 Å². The number of nitrogens with two attached hydrogens (primary N) is 1. The number of carbonyl (C=O) groups excluding carboxylic acids is 5. The molecule has 1 aromatic carbocycles. The predicted octanol–water partition coefficient (Wildman–Crippen LogP) is 3.97. The highest BCUT2D eigenvalue weighted by atomic mass is 127. The van der Waals surface area contributed by atoms with Crippen LogP contribution in [0.3, 0.4) is 0 Å². The van der Waals surface area contributed by atoms with E-state index >= 15 is 0 Å². The number of hydrogen-bond donors (Lipinski definition) is 3. The van der Waals surface area contributed by atoms with Crippen molar-refractivity contribution in [2.75, 3.05) is 18.6 Å². The number of Topliss-reactive ketones (excluding diaryl/α,β-unsaturated/α-hetero) is 1. The summed E-state index contributed by atoms with van der Waals surface area (Å²) in [6, 6.07) is 12.9. The first-order valence-corrected chi connectivity index (χ1v) is 24.6. The number of ketones is 1. The summed E-state index contributed by atoms with van der Waals surface area (Å²) in [7, 11) is 1.56. The van der Waals surface area contributed by atoms with Gasteiger partial charge in [0.2, 0.25) is 11.5 Å². The topological polar surface area (TPSA) is 231 Å². The Labute approximate surface area is 434 Å². The summed E-state index contributed by atoms with van der Waals surface area (Å²) in [5, 5.41) is 18.9. The molecule has 18 nitrogen and oxygen atoms in total. The average Bonchev–Trinajstić information content (AvgIpc) is 4.04. The van der Waals surface area contributed by atoms with Gasteiger partial charge in [-0.05, 0) is 85.2 Å². The van der Waals surface area contributed by atoms with E-state index in [1.807, 2.05) is 46.7 Å². The number of nitrogens with one attached hydrogen (secondary N) is 2. The van der Waals surface area contributed by atoms with Crippen molar-refractivity contribution in [3.63, 3.8) is 0 Å². The first-order valence-electron chi connectivity index (χ1n) is 21.8. The van der Waals surface area contributed by atoms with Crippen LogP contribution >= 0.6 is 34.4 Å². The Morgan fingerprint density at radius 2 is 1.70 bits per heavy atom. The van der Waals surface area contributed by atoms with Crippen molar-refractivity contribution in [2.45, 2.75) is 104 Å². The highest BCUT2D eigenvalue weighted by molar-refractivity contribution is 8.00. The van der Waals surface area contributed by atoms with Crippen LogP contribution in [0.1, 0.15) is 83.5 Å². The maximum absolute atomic E-state index is 14.2. The summed E-state index contributed by atoms with van der Waals surface area (Å²) in [6.07, 6.45) is 4.86. The largest absolute Gasteiger partial charge is 1.00 e. The third-order valence-corrected chi connectivity index (χ3v) is 13.6. The van der Waals surface area contributed by atoms with Gasteiger partial charge in [-0.2, -0.15) is 0 Å². The Balaban J connectivity index is 0.00000804. The molecule has 5 aromatic rings. The molecule has 1 fully saturated rings. The molecule has 2 aliphatic heterocycles. The number of benzene rings is 1. The van der Waals surface area contributed by atoms with Crippen LogP contribution in [-0.2, 0) is 57.9 Å². The van der Waals surface area contributed by atoms with Crippen molar-refractivity contribution in [3.8, 4) is 5.75 Å². The van der Waals surface area contributed by atoms with Crippen molar-refractivity contribution in [1.82, 2.24) is 19.8 Å². The highest BCUT2D eigenvalue weighted by Crippen LogP contribution is 2.46. The number of pyridine rings is 1. The lowest BCUT2D eigenvalue weighted by Gasteiger charge is -2.49. The minimum atomic E-state index is -1.58. The minimum absolute atomic E-state index is 0. The lowest BCUT2D eigenvalue weighted by Crippen LogP contribution is -3.00. The first-order chi connectivity index (χ1) is 32.5. The normalized spacial score (nSPS) is 16.2. The summed E-state index contributed by atoms with van der Waals surface area (Å²) in [5.41, 5.74) is 5.78. The Bertz CT molecular complexity index is 2870. The number of esters is 2. The molecule has 2 aliphatic rings. The number of ether oxygens (including phenoxy) is 4. The zero-order valence-corrected chi connectivity index (χ0v) is 44.7. The fourth-order valence-electron chi connectivity index (χ4n) is 7.29. The van der Waals surface area contributed by atoms with Gasteiger partial charge in [0.1, 0.15) is 40.8 Å². The van der Waals surface area contributed by atoms with Crippen LogP contribution in [0.4, 0.5) is 9.93 Å². The summed E-state index contributed by atoms with van der Waals surface area (Å²) < 4.78 is 25.9. The standard InChI is InChI=1S/C48H54N8O10S3.HI/c1-46(2,3)64-43(60)48(7,8)66-53-37(34-26-69-44(50)51-34)36(57)19-33-40(58)56-38(42(59)63-23-27-10-12-31(62-9)13-11-27)30(25-68-41(33)56)21-54-16-15-35-28(20-54)14-17-55(35)22-32-18-29(24-67-32)39(49)52-45(61)65-47(4,5)6;/h10-18,20,24,26,33,41H,19,21-23,25H2,1-9H3,(H3-,49,50,51,52,61);1H/b53-37-;/t33-,41-;/m1./s1. The van der Waals surface area contributed by atoms with Crippen molar-refractivity contribution in [1.29, 1.82) is 5.41 Å². The van der Waals surface area contributed by atoms with Gasteiger partial charge in [-0.1, -0.05) is 17.3 Å². The number of amides is 2. The molecule has 2 amide bonds. The summed E-state index contributed by atoms with van der Waals surface area (Å²) >= 11 is 4.00. The van der Waals surface area contributed by atoms with E-state index in [9.17, 15) is 24.0 Å². The summed E-state index contributed by atoms with van der Waals surface area (Å²) in [5.74, 6) is -2.26. The number of hydrogen-bond acceptors (Lipinski definition) is 17. The molecule has 6 heterocycles. The van der Waals surface area contributed by atoms with E-state index in [0.29, 0.717) is 29.2 Å². The Morgan fingerprint density at radius 3 is 2.36 bits per heavy atom. The van der Waals surface area contributed by atoms with Crippen LogP contribution < -0.4 is 44.3 Å². The monoisotopic (exact) mass is 1130 g/mol. The minimum Gasteiger partial charge on any atom is -1.00 e. The number of nitrogen functional groups attached to an aromatic ring is 1. The van der Waals surface area contributed by atoms with Gasteiger partial charge in [0.25, 0.3) is 0 Å². The number of thioether (sulfide) groups is 1. The molecule has 70 heavy (non-hydrogen) atoms. The fourth-order valence-corrected chi connectivity index (χ4v) is 10.1. The molecule has 4 aromatic heterocycles. The van der Waals surface area contributed by atoms with Gasteiger partial charge in [-0.3, -0.25) is 25.2 Å². The van der Waals surface area contributed by atoms with Crippen molar-refractivity contribution in [3.05, 3.63) is 105 Å². The van der Waals surface area contributed by atoms with E-state index in [4.69, 9.17) is 34.9 Å². The molecule has 1 saturated heterocycles. The number of thiophene rings is 1. The number of amidine groups is 1. The quantitative estimate of drug-likeness (QED) is 0.0186. The van der Waals surface area contributed by atoms with Crippen LogP contribution in [0.5, 0.6) is 5.75 Å². The molecule has 0 aliphatic carbocycles. The number of methoxy groups -OCH3 is 1. The Hall–Kier alpha value is -5.85. The molecule has 2 atom stereocenters. The van der Waals surface area contributed by atoms with Crippen LogP contribution in [0.2, 0.25) is 0 Å². The number of carbonyl (C=O) groups is 5. The molecule has 4 N–H and O–H groups in total. The van der Waals surface area contributed by atoms with E-state index in [2.05, 4.69) is 20.0 Å². The lowest BCUT2D eigenvalue weighted by molar-refractivity contribution is -0.687. The van der Waals surface area contributed by atoms with E-state index in [1.54, 1.807) is 78.3 Å². The summed E-state index contributed by atoms with van der Waals surface area (Å²) in [6.45, 7) is 14.1. The second kappa shape index (κ2) is 21.6. The molecular weight excluding hydrogens is 1070 g/mol. The second-order valence-corrected chi connectivity index (χ2v) is 21.8.